The van der Waals surface area contributed by atoms with Crippen molar-refractivity contribution in [2.45, 2.75) is 19.3 Å². The van der Waals surface area contributed by atoms with Gasteiger partial charge in [-0.1, -0.05) is 19.1 Å². The average Bonchev–Trinajstić information content (AvgIpc) is 2.99. The van der Waals surface area contributed by atoms with E-state index in [1.165, 1.54) is 12.1 Å². The summed E-state index contributed by atoms with van der Waals surface area (Å²) in [6, 6.07) is 6.26. The molecule has 1 aromatic carbocycles. The summed E-state index contributed by atoms with van der Waals surface area (Å²) >= 11 is 0. The molecule has 1 N–H and O–H groups in total. The van der Waals surface area contributed by atoms with Crippen LogP contribution in [0.5, 0.6) is 0 Å². The number of hydrogen-bond acceptors (Lipinski definition) is 3. The number of methoxy groups -OCH3 is 1. The predicted molar refractivity (Wildman–Crippen MR) is 84.4 cm³/mol. The third-order valence-electron chi connectivity index (χ3n) is 4.19. The SMILES string of the molecule is CCC(=O)N1C[C@H](c2cccc(F)c2)[C@H](C(=O)NCCOC)C1. The van der Waals surface area contributed by atoms with E-state index in [1.807, 2.05) is 6.07 Å². The molecule has 1 aromatic rings. The van der Waals surface area contributed by atoms with Gasteiger partial charge in [0.2, 0.25) is 11.8 Å². The molecule has 0 saturated carbocycles. The van der Waals surface area contributed by atoms with Crippen LogP contribution in [0.1, 0.15) is 24.8 Å². The van der Waals surface area contributed by atoms with E-state index < -0.39 is 0 Å². The highest BCUT2D eigenvalue weighted by molar-refractivity contribution is 5.83. The van der Waals surface area contributed by atoms with Gasteiger partial charge in [-0.3, -0.25) is 9.59 Å². The van der Waals surface area contributed by atoms with E-state index in [9.17, 15) is 14.0 Å². The number of nitrogens with zero attached hydrogens (tertiary/aromatic N) is 1. The van der Waals surface area contributed by atoms with Crippen molar-refractivity contribution in [1.82, 2.24) is 10.2 Å². The fourth-order valence-corrected chi connectivity index (χ4v) is 2.98. The van der Waals surface area contributed by atoms with Crippen molar-refractivity contribution in [3.8, 4) is 0 Å². The maximum atomic E-state index is 13.5. The van der Waals surface area contributed by atoms with Crippen molar-refractivity contribution in [3.05, 3.63) is 35.6 Å². The van der Waals surface area contributed by atoms with Crippen LogP contribution in [-0.4, -0.2) is 50.1 Å². The molecule has 2 atom stereocenters. The quantitative estimate of drug-likeness (QED) is 0.808. The molecule has 0 radical (unpaired) electrons. The van der Waals surface area contributed by atoms with Gasteiger partial charge in [0, 0.05) is 39.1 Å². The third kappa shape index (κ3) is 4.28. The lowest BCUT2D eigenvalue weighted by molar-refractivity contribution is -0.130. The lowest BCUT2D eigenvalue weighted by atomic mass is 9.88. The highest BCUT2D eigenvalue weighted by atomic mass is 19.1. The van der Waals surface area contributed by atoms with E-state index in [0.717, 1.165) is 5.56 Å². The van der Waals surface area contributed by atoms with Gasteiger partial charge in [0.25, 0.3) is 0 Å². The standard InChI is InChI=1S/C17H23FN2O3/c1-3-16(21)20-10-14(12-5-4-6-13(18)9-12)15(11-20)17(22)19-7-8-23-2/h4-6,9,14-15H,3,7-8,10-11H2,1-2H3,(H,19,22)/t14-,15-/m1/s1. The first-order chi connectivity index (χ1) is 11.1. The summed E-state index contributed by atoms with van der Waals surface area (Å²) in [6.07, 6.45) is 0.397. The van der Waals surface area contributed by atoms with Crippen LogP contribution in [-0.2, 0) is 14.3 Å². The van der Waals surface area contributed by atoms with Crippen LogP contribution >= 0.6 is 0 Å². The molecule has 1 fully saturated rings. The molecule has 1 saturated heterocycles. The minimum Gasteiger partial charge on any atom is -0.383 e. The molecular weight excluding hydrogens is 299 g/mol. The number of carbonyl (C=O) groups is 2. The number of amides is 2. The second kappa shape index (κ2) is 8.06. The molecule has 1 aliphatic heterocycles. The fourth-order valence-electron chi connectivity index (χ4n) is 2.98. The normalized spacial score (nSPS) is 20.6. The Bertz CT molecular complexity index is 565. The molecular formula is C17H23FN2O3. The first kappa shape index (κ1) is 17.4. The smallest absolute Gasteiger partial charge is 0.225 e. The van der Waals surface area contributed by atoms with Gasteiger partial charge in [-0.2, -0.15) is 0 Å². The van der Waals surface area contributed by atoms with Crippen molar-refractivity contribution < 1.29 is 18.7 Å². The van der Waals surface area contributed by atoms with Gasteiger partial charge in [-0.05, 0) is 17.7 Å². The molecule has 0 unspecified atom stereocenters. The largest absolute Gasteiger partial charge is 0.383 e. The Labute approximate surface area is 135 Å². The predicted octanol–water partition coefficient (Wildman–Crippen LogP) is 1.54. The van der Waals surface area contributed by atoms with E-state index in [1.54, 1.807) is 25.0 Å². The van der Waals surface area contributed by atoms with Gasteiger partial charge in [0.1, 0.15) is 5.82 Å². The zero-order valence-corrected chi connectivity index (χ0v) is 13.5. The lowest BCUT2D eigenvalue weighted by Gasteiger charge is -2.18. The van der Waals surface area contributed by atoms with Gasteiger partial charge in [-0.15, -0.1) is 0 Å². The van der Waals surface area contributed by atoms with Crippen molar-refractivity contribution in [2.75, 3.05) is 33.4 Å². The highest BCUT2D eigenvalue weighted by Gasteiger charge is 2.39. The monoisotopic (exact) mass is 322 g/mol. The molecule has 2 rings (SSSR count). The Balaban J connectivity index is 2.17. The summed E-state index contributed by atoms with van der Waals surface area (Å²) in [4.78, 5) is 26.1. The maximum absolute atomic E-state index is 13.5. The van der Waals surface area contributed by atoms with E-state index >= 15 is 0 Å². The summed E-state index contributed by atoms with van der Waals surface area (Å²) in [5, 5.41) is 2.82. The Kier molecular flexibility index (Phi) is 6.10. The molecule has 1 heterocycles. The molecule has 0 aliphatic carbocycles. The molecule has 0 aromatic heterocycles. The number of benzene rings is 1. The molecule has 23 heavy (non-hydrogen) atoms. The highest BCUT2D eigenvalue weighted by Crippen LogP contribution is 2.33. The molecule has 126 valence electrons. The zero-order valence-electron chi connectivity index (χ0n) is 13.5. The molecule has 6 heteroatoms. The summed E-state index contributed by atoms with van der Waals surface area (Å²) in [5.41, 5.74) is 0.753. The number of carbonyl (C=O) groups excluding carboxylic acids is 2. The number of halogens is 1. The first-order valence-electron chi connectivity index (χ1n) is 7.86. The van der Waals surface area contributed by atoms with Gasteiger partial charge < -0.3 is 15.0 Å². The summed E-state index contributed by atoms with van der Waals surface area (Å²) in [7, 11) is 1.57. The van der Waals surface area contributed by atoms with Crippen LogP contribution < -0.4 is 5.32 Å². The van der Waals surface area contributed by atoms with Gasteiger partial charge in [-0.25, -0.2) is 4.39 Å². The number of ether oxygens (including phenoxy) is 1. The Morgan fingerprint density at radius 2 is 2.17 bits per heavy atom. The lowest BCUT2D eigenvalue weighted by Crippen LogP contribution is -2.37. The average molecular weight is 322 g/mol. The second-order valence-corrected chi connectivity index (χ2v) is 5.70. The molecule has 1 aliphatic rings. The van der Waals surface area contributed by atoms with Crippen molar-refractivity contribution in [2.24, 2.45) is 5.92 Å². The third-order valence-corrected chi connectivity index (χ3v) is 4.19. The molecule has 0 spiro atoms. The van der Waals surface area contributed by atoms with E-state index in [4.69, 9.17) is 4.74 Å². The summed E-state index contributed by atoms with van der Waals surface area (Å²) < 4.78 is 18.5. The van der Waals surface area contributed by atoms with Crippen molar-refractivity contribution >= 4 is 11.8 Å². The number of hydrogen-bond donors (Lipinski definition) is 1. The van der Waals surface area contributed by atoms with Crippen molar-refractivity contribution in [3.63, 3.8) is 0 Å². The van der Waals surface area contributed by atoms with Crippen LogP contribution in [0.15, 0.2) is 24.3 Å². The topological polar surface area (TPSA) is 58.6 Å². The van der Waals surface area contributed by atoms with Crippen LogP contribution in [0.4, 0.5) is 4.39 Å². The minimum atomic E-state index is -0.371. The van der Waals surface area contributed by atoms with E-state index in [2.05, 4.69) is 5.32 Å². The number of rotatable bonds is 6. The second-order valence-electron chi connectivity index (χ2n) is 5.70. The van der Waals surface area contributed by atoms with Gasteiger partial charge in [0.15, 0.2) is 0 Å². The molecule has 2 amide bonds. The first-order valence-corrected chi connectivity index (χ1v) is 7.86. The van der Waals surface area contributed by atoms with Gasteiger partial charge in [0.05, 0.1) is 12.5 Å². The molecule has 5 nitrogen and oxygen atoms in total. The Morgan fingerprint density at radius 3 is 2.83 bits per heavy atom. The Morgan fingerprint density at radius 1 is 1.39 bits per heavy atom. The maximum Gasteiger partial charge on any atom is 0.225 e. The van der Waals surface area contributed by atoms with E-state index in [-0.39, 0.29) is 29.5 Å². The van der Waals surface area contributed by atoms with E-state index in [0.29, 0.717) is 32.7 Å². The minimum absolute atomic E-state index is 0.0126. The van der Waals surface area contributed by atoms with Gasteiger partial charge >= 0.3 is 0 Å². The molecule has 0 bridgehead atoms. The Hall–Kier alpha value is -1.95. The fraction of sp³-hybridized carbons (Fsp3) is 0.529. The summed E-state index contributed by atoms with van der Waals surface area (Å²) in [5.74, 6) is -1.00. The van der Waals surface area contributed by atoms with Crippen molar-refractivity contribution in [1.29, 1.82) is 0 Å². The zero-order chi connectivity index (χ0) is 16.8. The number of nitrogens with one attached hydrogen (secondary N) is 1. The van der Waals surface area contributed by atoms with Crippen LogP contribution in [0, 0.1) is 11.7 Å². The van der Waals surface area contributed by atoms with Crippen LogP contribution in [0.2, 0.25) is 0 Å². The number of likely N-dealkylation sites (tertiary alicyclic amines) is 1. The van der Waals surface area contributed by atoms with Crippen LogP contribution in [0.3, 0.4) is 0 Å². The van der Waals surface area contributed by atoms with Crippen LogP contribution in [0.25, 0.3) is 0 Å². The summed E-state index contributed by atoms with van der Waals surface area (Å²) in [6.45, 7) is 3.46.